The number of halogens is 1. The minimum atomic E-state index is -3.80. The molecule has 0 aliphatic carbocycles. The van der Waals surface area contributed by atoms with Crippen molar-refractivity contribution in [1.29, 1.82) is 0 Å². The van der Waals surface area contributed by atoms with Gasteiger partial charge in [0.1, 0.15) is 16.5 Å². The smallest absolute Gasteiger partial charge is 0.246 e. The molecule has 1 atom stereocenters. The van der Waals surface area contributed by atoms with Crippen LogP contribution in [0.25, 0.3) is 0 Å². The summed E-state index contributed by atoms with van der Waals surface area (Å²) in [6, 6.07) is 10.7. The van der Waals surface area contributed by atoms with Crippen LogP contribution in [0.5, 0.6) is 5.75 Å². The van der Waals surface area contributed by atoms with Crippen LogP contribution in [0.1, 0.15) is 18.4 Å². The van der Waals surface area contributed by atoms with E-state index in [1.54, 1.807) is 25.2 Å². The van der Waals surface area contributed by atoms with Crippen LogP contribution >= 0.6 is 0 Å². The van der Waals surface area contributed by atoms with Gasteiger partial charge in [0.05, 0.1) is 13.0 Å². The van der Waals surface area contributed by atoms with Crippen LogP contribution in [-0.4, -0.2) is 45.9 Å². The fourth-order valence-electron chi connectivity index (χ4n) is 3.55. The van der Waals surface area contributed by atoms with E-state index in [1.807, 2.05) is 6.92 Å². The zero-order valence-corrected chi connectivity index (χ0v) is 17.6. The van der Waals surface area contributed by atoms with Crippen molar-refractivity contribution in [3.05, 3.63) is 53.8 Å². The highest BCUT2D eigenvalue weighted by atomic mass is 32.2. The van der Waals surface area contributed by atoms with Crippen molar-refractivity contribution in [3.8, 4) is 5.75 Å². The molecule has 0 radical (unpaired) electrons. The molecule has 0 saturated carbocycles. The summed E-state index contributed by atoms with van der Waals surface area (Å²) in [5, 5.41) is 0. The first-order chi connectivity index (χ1) is 13.7. The van der Waals surface area contributed by atoms with Crippen molar-refractivity contribution >= 4 is 21.6 Å². The molecule has 6 nitrogen and oxygen atoms in total. The highest BCUT2D eigenvalue weighted by molar-refractivity contribution is 7.89. The Morgan fingerprint density at radius 1 is 1.21 bits per heavy atom. The largest absolute Gasteiger partial charge is 0.495 e. The molecular formula is C21H25FN2O4S. The average Bonchev–Trinajstić information content (AvgIpc) is 2.73. The quantitative estimate of drug-likeness (QED) is 0.745. The van der Waals surface area contributed by atoms with E-state index in [0.717, 1.165) is 5.56 Å². The zero-order chi connectivity index (χ0) is 21.2. The minimum absolute atomic E-state index is 0.101. The Balaban J connectivity index is 1.82. The Labute approximate surface area is 170 Å². The number of anilines is 1. The van der Waals surface area contributed by atoms with Crippen LogP contribution in [-0.2, 0) is 14.8 Å². The second-order valence-electron chi connectivity index (χ2n) is 7.23. The molecule has 1 saturated heterocycles. The Bertz CT molecular complexity index is 992. The van der Waals surface area contributed by atoms with Crippen molar-refractivity contribution in [1.82, 2.24) is 4.31 Å². The normalized spacial score (nSPS) is 17.7. The Morgan fingerprint density at radius 3 is 2.55 bits per heavy atom. The fourth-order valence-corrected chi connectivity index (χ4v) is 5.32. The Kier molecular flexibility index (Phi) is 6.24. The van der Waals surface area contributed by atoms with Gasteiger partial charge in [-0.3, -0.25) is 4.79 Å². The third-order valence-corrected chi connectivity index (χ3v) is 7.10. The van der Waals surface area contributed by atoms with E-state index in [-0.39, 0.29) is 28.9 Å². The summed E-state index contributed by atoms with van der Waals surface area (Å²) >= 11 is 0. The van der Waals surface area contributed by atoms with E-state index < -0.39 is 15.9 Å². The molecule has 0 unspecified atom stereocenters. The van der Waals surface area contributed by atoms with Crippen LogP contribution in [0.2, 0.25) is 0 Å². The van der Waals surface area contributed by atoms with E-state index in [1.165, 1.54) is 40.6 Å². The SMILES string of the molecule is COc1ccc(C)cc1S(=O)(=O)N1CCC[C@H](C(=O)N(C)c2ccc(F)cc2)C1. The Hall–Kier alpha value is -2.45. The molecule has 1 aliphatic rings. The van der Waals surface area contributed by atoms with Crippen LogP contribution < -0.4 is 9.64 Å². The highest BCUT2D eigenvalue weighted by Crippen LogP contribution is 2.31. The number of nitrogens with zero attached hydrogens (tertiary/aromatic N) is 2. The molecule has 0 spiro atoms. The summed E-state index contributed by atoms with van der Waals surface area (Å²) < 4.78 is 46.2. The molecule has 2 aromatic carbocycles. The van der Waals surface area contributed by atoms with E-state index in [4.69, 9.17) is 4.74 Å². The van der Waals surface area contributed by atoms with Crippen molar-refractivity contribution in [2.45, 2.75) is 24.7 Å². The highest BCUT2D eigenvalue weighted by Gasteiger charge is 2.36. The standard InChI is InChI=1S/C21H25FN2O4S/c1-15-6-11-19(28-3)20(13-15)29(26,27)24-12-4-5-16(14-24)21(25)23(2)18-9-7-17(22)8-10-18/h6-11,13,16H,4-5,12,14H2,1-3H3/t16-/m0/s1. The van der Waals surface area contributed by atoms with Gasteiger partial charge in [-0.1, -0.05) is 6.07 Å². The first-order valence-corrected chi connectivity index (χ1v) is 10.9. The molecule has 0 bridgehead atoms. The fraction of sp³-hybridized carbons (Fsp3) is 0.381. The predicted molar refractivity (Wildman–Crippen MR) is 109 cm³/mol. The molecule has 3 rings (SSSR count). The van der Waals surface area contributed by atoms with Crippen LogP contribution in [0.15, 0.2) is 47.4 Å². The number of carbonyl (C=O) groups excluding carboxylic acids is 1. The van der Waals surface area contributed by atoms with Crippen molar-refractivity contribution in [2.24, 2.45) is 5.92 Å². The van der Waals surface area contributed by atoms with Crippen molar-refractivity contribution < 1.29 is 22.3 Å². The molecule has 0 aromatic heterocycles. The third-order valence-electron chi connectivity index (χ3n) is 5.21. The number of hydrogen-bond donors (Lipinski definition) is 0. The molecule has 1 heterocycles. The molecule has 1 fully saturated rings. The van der Waals surface area contributed by atoms with Gasteiger partial charge in [-0.15, -0.1) is 0 Å². The zero-order valence-electron chi connectivity index (χ0n) is 16.8. The number of carbonyl (C=O) groups is 1. The number of hydrogen-bond acceptors (Lipinski definition) is 4. The minimum Gasteiger partial charge on any atom is -0.495 e. The topological polar surface area (TPSA) is 66.9 Å². The van der Waals surface area contributed by atoms with Crippen LogP contribution in [0, 0.1) is 18.7 Å². The second kappa shape index (κ2) is 8.51. The van der Waals surface area contributed by atoms with Gasteiger partial charge in [-0.25, -0.2) is 12.8 Å². The van der Waals surface area contributed by atoms with Gasteiger partial charge in [0, 0.05) is 25.8 Å². The van der Waals surface area contributed by atoms with Crippen molar-refractivity contribution in [3.63, 3.8) is 0 Å². The number of piperidine rings is 1. The first kappa shape index (κ1) is 21.3. The van der Waals surface area contributed by atoms with Gasteiger partial charge in [0.2, 0.25) is 15.9 Å². The summed E-state index contributed by atoms with van der Waals surface area (Å²) in [4.78, 5) is 14.5. The van der Waals surface area contributed by atoms with Gasteiger partial charge < -0.3 is 9.64 Å². The number of methoxy groups -OCH3 is 1. The molecule has 0 N–H and O–H groups in total. The van der Waals surface area contributed by atoms with Gasteiger partial charge in [0.15, 0.2) is 0 Å². The van der Waals surface area contributed by atoms with E-state index >= 15 is 0 Å². The van der Waals surface area contributed by atoms with E-state index in [2.05, 4.69) is 0 Å². The van der Waals surface area contributed by atoms with E-state index in [9.17, 15) is 17.6 Å². The molecular weight excluding hydrogens is 395 g/mol. The summed E-state index contributed by atoms with van der Waals surface area (Å²) in [7, 11) is -0.750. The lowest BCUT2D eigenvalue weighted by Crippen LogP contribution is -2.46. The second-order valence-corrected chi connectivity index (χ2v) is 9.14. The number of amides is 1. The molecule has 1 aliphatic heterocycles. The summed E-state index contributed by atoms with van der Waals surface area (Å²) in [6.45, 7) is 2.27. The maximum absolute atomic E-state index is 13.2. The third kappa shape index (κ3) is 4.43. The number of aryl methyl sites for hydroxylation is 1. The Morgan fingerprint density at radius 2 is 1.90 bits per heavy atom. The number of benzene rings is 2. The summed E-state index contributed by atoms with van der Waals surface area (Å²) in [6.07, 6.45) is 1.18. The monoisotopic (exact) mass is 420 g/mol. The lowest BCUT2D eigenvalue weighted by molar-refractivity contribution is -0.123. The van der Waals surface area contributed by atoms with Gasteiger partial charge in [-0.05, 0) is 61.7 Å². The van der Waals surface area contributed by atoms with E-state index in [0.29, 0.717) is 25.1 Å². The first-order valence-electron chi connectivity index (χ1n) is 9.42. The molecule has 1 amide bonds. The van der Waals surface area contributed by atoms with Crippen molar-refractivity contribution in [2.75, 3.05) is 32.1 Å². The molecule has 2 aromatic rings. The van der Waals surface area contributed by atoms with Gasteiger partial charge in [0.25, 0.3) is 0 Å². The maximum Gasteiger partial charge on any atom is 0.246 e. The lowest BCUT2D eigenvalue weighted by atomic mass is 9.98. The van der Waals surface area contributed by atoms with Crippen LogP contribution in [0.4, 0.5) is 10.1 Å². The molecule has 29 heavy (non-hydrogen) atoms. The average molecular weight is 421 g/mol. The lowest BCUT2D eigenvalue weighted by Gasteiger charge is -2.33. The predicted octanol–water partition coefficient (Wildman–Crippen LogP) is 3.21. The summed E-state index contributed by atoms with van der Waals surface area (Å²) in [5.74, 6) is -0.749. The summed E-state index contributed by atoms with van der Waals surface area (Å²) in [5.41, 5.74) is 1.38. The van der Waals surface area contributed by atoms with Gasteiger partial charge in [-0.2, -0.15) is 4.31 Å². The van der Waals surface area contributed by atoms with Gasteiger partial charge >= 0.3 is 0 Å². The van der Waals surface area contributed by atoms with Crippen LogP contribution in [0.3, 0.4) is 0 Å². The number of rotatable bonds is 5. The molecule has 8 heteroatoms. The number of ether oxygens (including phenoxy) is 1. The maximum atomic E-state index is 13.2. The number of sulfonamides is 1. The molecule has 156 valence electrons.